The van der Waals surface area contributed by atoms with E-state index in [1.54, 1.807) is 24.6 Å². The lowest BCUT2D eigenvalue weighted by Gasteiger charge is -2.27. The maximum atomic E-state index is 12.3. The zero-order valence-corrected chi connectivity index (χ0v) is 15.7. The summed E-state index contributed by atoms with van der Waals surface area (Å²) in [5.74, 6) is 0.152. The molecule has 0 fully saturated rings. The number of fused-ring (bicyclic) bond motifs is 3. The van der Waals surface area contributed by atoms with E-state index >= 15 is 0 Å². The van der Waals surface area contributed by atoms with Gasteiger partial charge in [-0.1, -0.05) is 25.6 Å². The lowest BCUT2D eigenvalue weighted by Crippen LogP contribution is -2.49. The van der Waals surface area contributed by atoms with Crippen molar-refractivity contribution in [3.8, 4) is 6.07 Å². The molecular formula is C17H20N4OS2. The van der Waals surface area contributed by atoms with Crippen LogP contribution in [0.15, 0.2) is 11.4 Å². The molecule has 1 N–H and O–H groups in total. The Kier molecular flexibility index (Phi) is 4.79. The highest BCUT2D eigenvalue weighted by Gasteiger charge is 2.30. The van der Waals surface area contributed by atoms with Gasteiger partial charge in [-0.2, -0.15) is 5.26 Å². The van der Waals surface area contributed by atoms with E-state index in [0.29, 0.717) is 0 Å². The van der Waals surface area contributed by atoms with E-state index in [2.05, 4.69) is 21.4 Å². The Bertz CT molecular complexity index is 824. The van der Waals surface area contributed by atoms with Crippen molar-refractivity contribution < 1.29 is 4.79 Å². The van der Waals surface area contributed by atoms with Crippen molar-refractivity contribution in [1.82, 2.24) is 15.3 Å². The van der Waals surface area contributed by atoms with Gasteiger partial charge in [0.15, 0.2) is 0 Å². The van der Waals surface area contributed by atoms with E-state index in [9.17, 15) is 10.1 Å². The maximum Gasteiger partial charge on any atom is 0.231 e. The molecule has 0 bridgehead atoms. The molecule has 2 aromatic rings. The van der Waals surface area contributed by atoms with Gasteiger partial charge in [0.2, 0.25) is 5.91 Å². The van der Waals surface area contributed by atoms with Crippen molar-refractivity contribution in [1.29, 1.82) is 5.26 Å². The molecule has 0 aromatic carbocycles. The summed E-state index contributed by atoms with van der Waals surface area (Å²) in [5, 5.41) is 14.2. The Morgan fingerprint density at radius 1 is 1.50 bits per heavy atom. The molecule has 0 saturated carbocycles. The molecule has 0 aliphatic heterocycles. The largest absolute Gasteiger partial charge is 0.337 e. The minimum Gasteiger partial charge on any atom is -0.337 e. The second kappa shape index (κ2) is 6.69. The predicted octanol–water partition coefficient (Wildman–Crippen LogP) is 3.33. The highest BCUT2D eigenvalue weighted by atomic mass is 32.2. The number of nitrogens with zero attached hydrogens (tertiary/aromatic N) is 3. The molecule has 1 aliphatic rings. The van der Waals surface area contributed by atoms with Crippen LogP contribution in [-0.2, 0) is 17.6 Å². The number of rotatable bonds is 5. The average Bonchev–Trinajstić information content (AvgIpc) is 3.13. The average molecular weight is 361 g/mol. The standard InChI is InChI=1S/C17H20N4OS2/c1-10(2)17(3,8-18)21-13(22)7-23-15-14-11-5-4-6-12(11)24-16(14)20-9-19-15/h9-10H,4-7H2,1-3H3,(H,21,22)/t17-/m0/s1. The smallest absolute Gasteiger partial charge is 0.231 e. The predicted molar refractivity (Wildman–Crippen MR) is 97.2 cm³/mol. The summed E-state index contributed by atoms with van der Waals surface area (Å²) in [7, 11) is 0. The van der Waals surface area contributed by atoms with E-state index in [1.807, 2.05) is 13.8 Å². The number of hydrogen-bond donors (Lipinski definition) is 1. The third-order valence-corrected chi connectivity index (χ3v) is 6.78. The SMILES string of the molecule is CC(C)[C@](C)(C#N)NC(=O)CSc1ncnc2sc3c(c12)CCC3. The number of nitrogens with one attached hydrogen (secondary N) is 1. The first kappa shape index (κ1) is 17.2. The number of amides is 1. The molecule has 2 aromatic heterocycles. The maximum absolute atomic E-state index is 12.3. The zero-order chi connectivity index (χ0) is 17.3. The fourth-order valence-corrected chi connectivity index (χ4v) is 4.89. The first-order valence-electron chi connectivity index (χ1n) is 8.05. The van der Waals surface area contributed by atoms with Crippen LogP contribution < -0.4 is 5.32 Å². The van der Waals surface area contributed by atoms with Gasteiger partial charge in [-0.15, -0.1) is 11.3 Å². The van der Waals surface area contributed by atoms with Crippen molar-refractivity contribution in [3.05, 3.63) is 16.8 Å². The Labute approximate surface area is 149 Å². The van der Waals surface area contributed by atoms with Crippen LogP contribution in [0.2, 0.25) is 0 Å². The lowest BCUT2D eigenvalue weighted by atomic mass is 9.90. The van der Waals surface area contributed by atoms with Crippen molar-refractivity contribution in [2.75, 3.05) is 5.75 Å². The molecule has 0 saturated heterocycles. The van der Waals surface area contributed by atoms with Gasteiger partial charge in [-0.3, -0.25) is 4.79 Å². The molecule has 2 heterocycles. The molecule has 0 radical (unpaired) electrons. The van der Waals surface area contributed by atoms with Crippen LogP contribution in [-0.4, -0.2) is 27.2 Å². The number of carbonyl (C=O) groups excluding carboxylic acids is 1. The highest BCUT2D eigenvalue weighted by Crippen LogP contribution is 2.39. The summed E-state index contributed by atoms with van der Waals surface area (Å²) >= 11 is 3.17. The van der Waals surface area contributed by atoms with Crippen molar-refractivity contribution in [3.63, 3.8) is 0 Å². The van der Waals surface area contributed by atoms with E-state index in [1.165, 1.54) is 28.6 Å². The van der Waals surface area contributed by atoms with Crippen molar-refractivity contribution in [2.45, 2.75) is 50.6 Å². The van der Waals surface area contributed by atoms with Gasteiger partial charge in [-0.05, 0) is 37.7 Å². The molecule has 5 nitrogen and oxygen atoms in total. The number of nitriles is 1. The van der Waals surface area contributed by atoms with Gasteiger partial charge < -0.3 is 5.32 Å². The summed E-state index contributed by atoms with van der Waals surface area (Å²) in [6.45, 7) is 5.62. The van der Waals surface area contributed by atoms with E-state index in [-0.39, 0.29) is 17.6 Å². The second-order valence-corrected chi connectivity index (χ2v) is 8.57. The van der Waals surface area contributed by atoms with Crippen LogP contribution in [0.3, 0.4) is 0 Å². The fourth-order valence-electron chi connectivity index (χ4n) is 2.77. The van der Waals surface area contributed by atoms with Gasteiger partial charge in [0, 0.05) is 10.3 Å². The highest BCUT2D eigenvalue weighted by molar-refractivity contribution is 8.00. The summed E-state index contributed by atoms with van der Waals surface area (Å²) < 4.78 is 0. The molecule has 1 aliphatic carbocycles. The van der Waals surface area contributed by atoms with Gasteiger partial charge in [0.1, 0.15) is 21.7 Å². The van der Waals surface area contributed by atoms with E-state index < -0.39 is 5.54 Å². The number of thioether (sulfide) groups is 1. The Morgan fingerprint density at radius 3 is 3.00 bits per heavy atom. The zero-order valence-electron chi connectivity index (χ0n) is 14.0. The third-order valence-electron chi connectivity index (χ3n) is 4.59. The first-order chi connectivity index (χ1) is 11.4. The normalized spacial score (nSPS) is 16.0. The minimum atomic E-state index is -0.845. The molecule has 126 valence electrons. The molecule has 0 spiro atoms. The Hall–Kier alpha value is -1.65. The fraction of sp³-hybridized carbons (Fsp3) is 0.529. The van der Waals surface area contributed by atoms with Crippen LogP contribution in [0.25, 0.3) is 10.2 Å². The summed E-state index contributed by atoms with van der Waals surface area (Å²) in [6.07, 6.45) is 4.95. The molecular weight excluding hydrogens is 340 g/mol. The van der Waals surface area contributed by atoms with Gasteiger partial charge >= 0.3 is 0 Å². The van der Waals surface area contributed by atoms with Crippen LogP contribution in [0.4, 0.5) is 0 Å². The molecule has 0 unspecified atom stereocenters. The molecule has 3 rings (SSSR count). The van der Waals surface area contributed by atoms with Crippen molar-refractivity contribution >= 4 is 39.2 Å². The molecule has 24 heavy (non-hydrogen) atoms. The third kappa shape index (κ3) is 3.13. The summed E-state index contributed by atoms with van der Waals surface area (Å²) in [5.41, 5.74) is 0.518. The van der Waals surface area contributed by atoms with Crippen molar-refractivity contribution in [2.24, 2.45) is 5.92 Å². The second-order valence-electron chi connectivity index (χ2n) is 6.52. The van der Waals surface area contributed by atoms with Crippen LogP contribution >= 0.6 is 23.1 Å². The topological polar surface area (TPSA) is 78.7 Å². The Morgan fingerprint density at radius 2 is 2.29 bits per heavy atom. The quantitative estimate of drug-likeness (QED) is 0.653. The van der Waals surface area contributed by atoms with Crippen LogP contribution in [0.1, 0.15) is 37.6 Å². The Balaban J connectivity index is 1.75. The van der Waals surface area contributed by atoms with E-state index in [0.717, 1.165) is 28.1 Å². The summed E-state index contributed by atoms with van der Waals surface area (Å²) in [4.78, 5) is 23.5. The van der Waals surface area contributed by atoms with Gasteiger partial charge in [0.25, 0.3) is 0 Å². The number of carbonyl (C=O) groups is 1. The van der Waals surface area contributed by atoms with Crippen LogP contribution in [0, 0.1) is 17.2 Å². The monoisotopic (exact) mass is 360 g/mol. The lowest BCUT2D eigenvalue weighted by molar-refractivity contribution is -0.120. The van der Waals surface area contributed by atoms with Gasteiger partial charge in [0.05, 0.1) is 11.8 Å². The van der Waals surface area contributed by atoms with Gasteiger partial charge in [-0.25, -0.2) is 9.97 Å². The number of hydrogen-bond acceptors (Lipinski definition) is 6. The summed E-state index contributed by atoms with van der Waals surface area (Å²) in [6, 6.07) is 2.20. The number of aryl methyl sites for hydroxylation is 2. The minimum absolute atomic E-state index is 0.0438. The number of aromatic nitrogens is 2. The first-order valence-corrected chi connectivity index (χ1v) is 9.85. The molecule has 1 amide bonds. The molecule has 7 heteroatoms. The number of thiophene rings is 1. The van der Waals surface area contributed by atoms with E-state index in [4.69, 9.17) is 0 Å². The van der Waals surface area contributed by atoms with Crippen LogP contribution in [0.5, 0.6) is 0 Å². The molecule has 1 atom stereocenters.